The molecule has 2 heterocycles. The van der Waals surface area contributed by atoms with E-state index in [1.54, 1.807) is 6.20 Å². The van der Waals surface area contributed by atoms with E-state index in [-0.39, 0.29) is 5.56 Å². The van der Waals surface area contributed by atoms with Crippen molar-refractivity contribution in [1.82, 2.24) is 9.97 Å². The Bertz CT molecular complexity index is 801. The highest BCUT2D eigenvalue weighted by Gasteiger charge is 2.06. The summed E-state index contributed by atoms with van der Waals surface area (Å²) in [6, 6.07) is 13.9. The second kappa shape index (κ2) is 4.93. The van der Waals surface area contributed by atoms with E-state index in [0.717, 1.165) is 10.9 Å². The van der Waals surface area contributed by atoms with Gasteiger partial charge in [-0.05, 0) is 35.2 Å². The fourth-order valence-electron chi connectivity index (χ4n) is 2.30. The molecule has 20 heavy (non-hydrogen) atoms. The predicted octanol–water partition coefficient (Wildman–Crippen LogP) is 3.71. The molecule has 0 saturated carbocycles. The molecule has 0 aliphatic heterocycles. The average Bonchev–Trinajstić information content (AvgIpc) is 2.46. The molecule has 0 radical (unpaired) electrons. The molecule has 0 atom stereocenters. The number of benzene rings is 1. The van der Waals surface area contributed by atoms with E-state index in [1.807, 2.05) is 30.3 Å². The van der Waals surface area contributed by atoms with Crippen LogP contribution in [-0.2, 0) is 0 Å². The van der Waals surface area contributed by atoms with Gasteiger partial charge in [-0.25, -0.2) is 4.98 Å². The number of hydrogen-bond acceptors (Lipinski definition) is 2. The normalized spacial score (nSPS) is 11.2. The van der Waals surface area contributed by atoms with Crippen molar-refractivity contribution in [3.63, 3.8) is 0 Å². The number of aromatic amines is 1. The van der Waals surface area contributed by atoms with Crippen molar-refractivity contribution in [2.24, 2.45) is 0 Å². The predicted molar refractivity (Wildman–Crippen MR) is 81.9 cm³/mol. The highest BCUT2D eigenvalue weighted by Crippen LogP contribution is 2.21. The minimum Gasteiger partial charge on any atom is -0.306 e. The maximum atomic E-state index is 12.2. The molecule has 0 aliphatic carbocycles. The molecule has 0 fully saturated rings. The summed E-state index contributed by atoms with van der Waals surface area (Å²) in [6.45, 7) is 4.31. The number of nitrogens with one attached hydrogen (secondary N) is 1. The lowest BCUT2D eigenvalue weighted by Gasteiger charge is -2.07. The Morgan fingerprint density at radius 2 is 1.85 bits per heavy atom. The Labute approximate surface area is 117 Å². The van der Waals surface area contributed by atoms with Gasteiger partial charge in [-0.15, -0.1) is 0 Å². The van der Waals surface area contributed by atoms with E-state index < -0.39 is 0 Å². The summed E-state index contributed by atoms with van der Waals surface area (Å²) >= 11 is 0. The maximum absolute atomic E-state index is 12.2. The molecule has 2 aromatic heterocycles. The van der Waals surface area contributed by atoms with Crippen molar-refractivity contribution >= 4 is 11.0 Å². The molecule has 3 nitrogen and oxygen atoms in total. The first-order chi connectivity index (χ1) is 9.65. The van der Waals surface area contributed by atoms with Gasteiger partial charge < -0.3 is 4.98 Å². The highest BCUT2D eigenvalue weighted by molar-refractivity contribution is 5.80. The third kappa shape index (κ3) is 2.23. The Balaban J connectivity index is 2.13. The van der Waals surface area contributed by atoms with Crippen molar-refractivity contribution < 1.29 is 0 Å². The van der Waals surface area contributed by atoms with E-state index in [9.17, 15) is 4.79 Å². The van der Waals surface area contributed by atoms with E-state index in [0.29, 0.717) is 17.1 Å². The monoisotopic (exact) mass is 264 g/mol. The summed E-state index contributed by atoms with van der Waals surface area (Å²) in [5, 5.41) is 0.940. The summed E-state index contributed by atoms with van der Waals surface area (Å²) < 4.78 is 0. The second-order valence-electron chi connectivity index (χ2n) is 5.23. The molecular weight excluding hydrogens is 248 g/mol. The first-order valence-electron chi connectivity index (χ1n) is 6.73. The van der Waals surface area contributed by atoms with Gasteiger partial charge in [0.05, 0.1) is 0 Å². The summed E-state index contributed by atoms with van der Waals surface area (Å²) in [5.41, 5.74) is 3.41. The SMILES string of the molecule is CC(C)c1ccc(-c2cc3cccnc3[nH]c2=O)cc1. The zero-order chi connectivity index (χ0) is 14.1. The first-order valence-corrected chi connectivity index (χ1v) is 6.73. The molecule has 3 rings (SSSR count). The zero-order valence-electron chi connectivity index (χ0n) is 11.6. The van der Waals surface area contributed by atoms with Gasteiger partial charge in [0.25, 0.3) is 5.56 Å². The van der Waals surface area contributed by atoms with E-state index in [2.05, 4.69) is 35.9 Å². The van der Waals surface area contributed by atoms with Crippen LogP contribution < -0.4 is 5.56 Å². The fraction of sp³-hybridized carbons (Fsp3) is 0.176. The van der Waals surface area contributed by atoms with Crippen LogP contribution in [0.1, 0.15) is 25.3 Å². The number of pyridine rings is 2. The van der Waals surface area contributed by atoms with Crippen LogP contribution in [0.2, 0.25) is 0 Å². The van der Waals surface area contributed by atoms with Crippen LogP contribution in [0, 0.1) is 0 Å². The minimum atomic E-state index is -0.103. The lowest BCUT2D eigenvalue weighted by Crippen LogP contribution is -2.09. The number of nitrogens with zero attached hydrogens (tertiary/aromatic N) is 1. The zero-order valence-corrected chi connectivity index (χ0v) is 11.6. The second-order valence-corrected chi connectivity index (χ2v) is 5.23. The number of fused-ring (bicyclic) bond motifs is 1. The quantitative estimate of drug-likeness (QED) is 0.766. The van der Waals surface area contributed by atoms with Gasteiger partial charge in [0.15, 0.2) is 0 Å². The van der Waals surface area contributed by atoms with Crippen LogP contribution in [0.3, 0.4) is 0 Å². The largest absolute Gasteiger partial charge is 0.306 e. The molecule has 3 aromatic rings. The van der Waals surface area contributed by atoms with Crippen molar-refractivity contribution in [3.05, 3.63) is 64.6 Å². The molecule has 1 N–H and O–H groups in total. The van der Waals surface area contributed by atoms with E-state index >= 15 is 0 Å². The van der Waals surface area contributed by atoms with E-state index in [1.165, 1.54) is 5.56 Å². The van der Waals surface area contributed by atoms with Crippen LogP contribution in [0.25, 0.3) is 22.2 Å². The van der Waals surface area contributed by atoms with Gasteiger partial charge >= 0.3 is 0 Å². The van der Waals surface area contributed by atoms with Crippen LogP contribution >= 0.6 is 0 Å². The third-order valence-electron chi connectivity index (χ3n) is 3.50. The summed E-state index contributed by atoms with van der Waals surface area (Å²) in [5.74, 6) is 0.489. The molecule has 0 bridgehead atoms. The number of rotatable bonds is 2. The van der Waals surface area contributed by atoms with Gasteiger partial charge in [-0.2, -0.15) is 0 Å². The molecule has 3 heteroatoms. The Morgan fingerprint density at radius 1 is 1.10 bits per heavy atom. The smallest absolute Gasteiger partial charge is 0.257 e. The van der Waals surface area contributed by atoms with Gasteiger partial charge in [0, 0.05) is 17.1 Å². The summed E-state index contributed by atoms with van der Waals surface area (Å²) in [6.07, 6.45) is 1.68. The minimum absolute atomic E-state index is 0.103. The molecule has 0 aliphatic rings. The summed E-state index contributed by atoms with van der Waals surface area (Å²) in [7, 11) is 0. The molecule has 0 unspecified atom stereocenters. The van der Waals surface area contributed by atoms with Crippen molar-refractivity contribution in [2.75, 3.05) is 0 Å². The Kier molecular flexibility index (Phi) is 3.11. The van der Waals surface area contributed by atoms with Gasteiger partial charge in [-0.1, -0.05) is 38.1 Å². The molecule has 0 spiro atoms. The lowest BCUT2D eigenvalue weighted by atomic mass is 9.99. The van der Waals surface area contributed by atoms with Crippen molar-refractivity contribution in [1.29, 1.82) is 0 Å². The van der Waals surface area contributed by atoms with Crippen molar-refractivity contribution in [3.8, 4) is 11.1 Å². The molecule has 1 aromatic carbocycles. The third-order valence-corrected chi connectivity index (χ3v) is 3.50. The number of H-pyrrole nitrogens is 1. The van der Waals surface area contributed by atoms with Gasteiger partial charge in [0.1, 0.15) is 5.65 Å². The topological polar surface area (TPSA) is 45.8 Å². The Hall–Kier alpha value is -2.42. The van der Waals surface area contributed by atoms with E-state index in [4.69, 9.17) is 0 Å². The molecule has 0 amide bonds. The number of aromatic nitrogens is 2. The first kappa shape index (κ1) is 12.6. The maximum Gasteiger partial charge on any atom is 0.257 e. The van der Waals surface area contributed by atoms with Crippen LogP contribution in [0.4, 0.5) is 0 Å². The summed E-state index contributed by atoms with van der Waals surface area (Å²) in [4.78, 5) is 19.1. The van der Waals surface area contributed by atoms with Crippen LogP contribution in [0.15, 0.2) is 53.5 Å². The average molecular weight is 264 g/mol. The molecule has 0 saturated heterocycles. The Morgan fingerprint density at radius 3 is 2.55 bits per heavy atom. The van der Waals surface area contributed by atoms with Gasteiger partial charge in [-0.3, -0.25) is 4.79 Å². The standard InChI is InChI=1S/C17H16N2O/c1-11(2)12-5-7-13(8-6-12)15-10-14-4-3-9-18-16(14)19-17(15)20/h3-11H,1-2H3,(H,18,19,20). The molecular formula is C17H16N2O. The van der Waals surface area contributed by atoms with Crippen LogP contribution in [0.5, 0.6) is 0 Å². The van der Waals surface area contributed by atoms with Gasteiger partial charge in [0.2, 0.25) is 0 Å². The number of hydrogen-bond donors (Lipinski definition) is 1. The molecule has 100 valence electrons. The fourth-order valence-corrected chi connectivity index (χ4v) is 2.30. The van der Waals surface area contributed by atoms with Crippen LogP contribution in [-0.4, -0.2) is 9.97 Å². The van der Waals surface area contributed by atoms with Crippen molar-refractivity contribution in [2.45, 2.75) is 19.8 Å². The lowest BCUT2D eigenvalue weighted by molar-refractivity contribution is 0.867. The highest BCUT2D eigenvalue weighted by atomic mass is 16.1.